The van der Waals surface area contributed by atoms with Gasteiger partial charge in [-0.15, -0.1) is 0 Å². The van der Waals surface area contributed by atoms with Crippen LogP contribution in [0.5, 0.6) is 0 Å². The maximum absolute atomic E-state index is 12.4. The topological polar surface area (TPSA) is 33.1 Å². The molecule has 0 aliphatic heterocycles. The lowest BCUT2D eigenvalue weighted by Gasteiger charge is -2.12. The molecule has 0 aliphatic carbocycles. The number of benzene rings is 1. The van der Waals surface area contributed by atoms with Gasteiger partial charge in [-0.05, 0) is 35.7 Å². The van der Waals surface area contributed by atoms with Crippen LogP contribution in [0.25, 0.3) is 0 Å². The summed E-state index contributed by atoms with van der Waals surface area (Å²) in [6, 6.07) is 6.49. The normalized spacial score (nSPS) is 13.2. The number of pyridine rings is 1. The highest BCUT2D eigenvalue weighted by atomic mass is 35.5. The van der Waals surface area contributed by atoms with Crippen LogP contribution in [0.2, 0.25) is 5.02 Å². The molecule has 2 nitrogen and oxygen atoms in total. The summed E-state index contributed by atoms with van der Waals surface area (Å²) in [7, 11) is 0. The Bertz CT molecular complexity index is 599. The third kappa shape index (κ3) is 4.44. The fourth-order valence-corrected chi connectivity index (χ4v) is 2.19. The second-order valence-corrected chi connectivity index (χ2v) is 5.13. The van der Waals surface area contributed by atoms with Crippen molar-refractivity contribution in [2.75, 3.05) is 0 Å². The van der Waals surface area contributed by atoms with Crippen molar-refractivity contribution in [3.05, 3.63) is 64.4 Å². The van der Waals surface area contributed by atoms with Crippen LogP contribution in [0.15, 0.2) is 42.7 Å². The Morgan fingerprint density at radius 1 is 1.10 bits per heavy atom. The molecule has 0 saturated carbocycles. The van der Waals surface area contributed by atoms with E-state index in [0.717, 1.165) is 17.7 Å². The van der Waals surface area contributed by atoms with Gasteiger partial charge in [0.2, 0.25) is 0 Å². The molecule has 0 aliphatic rings. The van der Waals surface area contributed by atoms with E-state index < -0.39 is 17.8 Å². The Balaban J connectivity index is 2.00. The minimum absolute atomic E-state index is 0.261. The number of alkyl halides is 3. The molecule has 6 heteroatoms. The maximum atomic E-state index is 12.4. The Labute approximate surface area is 125 Å². The fraction of sp³-hybridized carbons (Fsp3) is 0.267. The molecule has 112 valence electrons. The van der Waals surface area contributed by atoms with Gasteiger partial charge in [0.05, 0.1) is 16.7 Å². The van der Waals surface area contributed by atoms with Crippen molar-refractivity contribution in [2.24, 2.45) is 0 Å². The molecule has 2 rings (SSSR count). The molecule has 1 heterocycles. The lowest BCUT2D eigenvalue weighted by atomic mass is 10.0. The predicted octanol–water partition coefficient (Wildman–Crippen LogP) is 3.90. The van der Waals surface area contributed by atoms with Crippen molar-refractivity contribution in [2.45, 2.75) is 25.1 Å². The fourth-order valence-electron chi connectivity index (χ4n) is 2.00. The van der Waals surface area contributed by atoms with Crippen LogP contribution in [0.4, 0.5) is 13.2 Å². The maximum Gasteiger partial charge on any atom is 0.416 e. The van der Waals surface area contributed by atoms with Crippen LogP contribution in [-0.2, 0) is 19.0 Å². The quantitative estimate of drug-likeness (QED) is 0.928. The molecule has 2 aromatic rings. The van der Waals surface area contributed by atoms with Crippen molar-refractivity contribution in [3.8, 4) is 0 Å². The van der Waals surface area contributed by atoms with Gasteiger partial charge in [-0.1, -0.05) is 23.7 Å². The third-order valence-electron chi connectivity index (χ3n) is 3.06. The zero-order valence-corrected chi connectivity index (χ0v) is 11.7. The SMILES string of the molecule is OC(Cc1ccc(C(F)(F)F)cc1)Cc1ccncc1Cl. The van der Waals surface area contributed by atoms with Crippen molar-refractivity contribution in [1.29, 1.82) is 0 Å². The van der Waals surface area contributed by atoms with Gasteiger partial charge >= 0.3 is 6.18 Å². The van der Waals surface area contributed by atoms with Crippen LogP contribution in [-0.4, -0.2) is 16.2 Å². The van der Waals surface area contributed by atoms with E-state index in [4.69, 9.17) is 11.6 Å². The van der Waals surface area contributed by atoms with Gasteiger partial charge in [-0.3, -0.25) is 4.98 Å². The number of aliphatic hydroxyl groups excluding tert-OH is 1. The summed E-state index contributed by atoms with van der Waals surface area (Å²) in [5, 5.41) is 10.5. The number of hydrogen-bond donors (Lipinski definition) is 1. The number of nitrogens with zero attached hydrogens (tertiary/aromatic N) is 1. The molecule has 1 unspecified atom stereocenters. The Morgan fingerprint density at radius 2 is 1.76 bits per heavy atom. The van der Waals surface area contributed by atoms with Gasteiger partial charge in [0, 0.05) is 18.8 Å². The molecule has 1 aromatic carbocycles. The molecule has 1 atom stereocenters. The van der Waals surface area contributed by atoms with Gasteiger partial charge in [0.25, 0.3) is 0 Å². The van der Waals surface area contributed by atoms with Crippen molar-refractivity contribution >= 4 is 11.6 Å². The van der Waals surface area contributed by atoms with Gasteiger partial charge < -0.3 is 5.11 Å². The second kappa shape index (κ2) is 6.45. The van der Waals surface area contributed by atoms with E-state index in [1.165, 1.54) is 18.3 Å². The third-order valence-corrected chi connectivity index (χ3v) is 3.40. The summed E-state index contributed by atoms with van der Waals surface area (Å²) in [5.74, 6) is 0. The second-order valence-electron chi connectivity index (χ2n) is 4.72. The van der Waals surface area contributed by atoms with Crippen molar-refractivity contribution in [3.63, 3.8) is 0 Å². The van der Waals surface area contributed by atoms with E-state index in [-0.39, 0.29) is 6.42 Å². The standard InChI is InChI=1S/C15H13ClF3NO/c16-14-9-20-6-5-11(14)8-13(21)7-10-1-3-12(4-2-10)15(17,18)19/h1-6,9,13,21H,7-8H2. The summed E-state index contributed by atoms with van der Waals surface area (Å²) in [6.45, 7) is 0. The van der Waals surface area contributed by atoms with E-state index >= 15 is 0 Å². The highest BCUT2D eigenvalue weighted by molar-refractivity contribution is 6.31. The van der Waals surface area contributed by atoms with E-state index in [1.54, 1.807) is 12.3 Å². The molecule has 0 amide bonds. The molecule has 0 spiro atoms. The summed E-state index contributed by atoms with van der Waals surface area (Å²) < 4.78 is 37.3. The number of hydrogen-bond acceptors (Lipinski definition) is 2. The number of aromatic nitrogens is 1. The zero-order valence-electron chi connectivity index (χ0n) is 10.9. The van der Waals surface area contributed by atoms with Crippen LogP contribution >= 0.6 is 11.6 Å². The molecule has 0 bridgehead atoms. The zero-order chi connectivity index (χ0) is 15.5. The molecule has 21 heavy (non-hydrogen) atoms. The van der Waals surface area contributed by atoms with Crippen LogP contribution in [0.3, 0.4) is 0 Å². The average molecular weight is 316 g/mol. The van der Waals surface area contributed by atoms with Crippen molar-refractivity contribution < 1.29 is 18.3 Å². The lowest BCUT2D eigenvalue weighted by molar-refractivity contribution is -0.137. The average Bonchev–Trinajstić information content (AvgIpc) is 2.41. The van der Waals surface area contributed by atoms with E-state index in [0.29, 0.717) is 17.0 Å². The largest absolute Gasteiger partial charge is 0.416 e. The minimum Gasteiger partial charge on any atom is -0.392 e. The predicted molar refractivity (Wildman–Crippen MR) is 74.1 cm³/mol. The first-order chi connectivity index (χ1) is 9.86. The summed E-state index contributed by atoms with van der Waals surface area (Å²) in [4.78, 5) is 3.85. The minimum atomic E-state index is -4.35. The molecule has 1 aromatic heterocycles. The van der Waals surface area contributed by atoms with Gasteiger partial charge in [0.1, 0.15) is 0 Å². The summed E-state index contributed by atoms with van der Waals surface area (Å²) in [6.07, 6.45) is -1.42. The molecule has 1 N–H and O–H groups in total. The summed E-state index contributed by atoms with van der Waals surface area (Å²) in [5.41, 5.74) is 0.699. The van der Waals surface area contributed by atoms with E-state index in [2.05, 4.69) is 4.98 Å². The molecule has 0 saturated heterocycles. The molecule has 0 fully saturated rings. The summed E-state index contributed by atoms with van der Waals surface area (Å²) >= 11 is 5.94. The van der Waals surface area contributed by atoms with Crippen LogP contribution in [0.1, 0.15) is 16.7 Å². The Hall–Kier alpha value is -1.59. The first-order valence-corrected chi connectivity index (χ1v) is 6.66. The van der Waals surface area contributed by atoms with E-state index in [1.807, 2.05) is 0 Å². The van der Waals surface area contributed by atoms with Gasteiger partial charge in [-0.25, -0.2) is 0 Å². The highest BCUT2D eigenvalue weighted by Crippen LogP contribution is 2.29. The molecule has 0 radical (unpaired) electrons. The first-order valence-electron chi connectivity index (χ1n) is 6.29. The first kappa shape index (κ1) is 15.8. The number of aliphatic hydroxyl groups is 1. The number of halogens is 4. The van der Waals surface area contributed by atoms with Crippen LogP contribution in [0, 0.1) is 0 Å². The smallest absolute Gasteiger partial charge is 0.392 e. The monoisotopic (exact) mass is 315 g/mol. The lowest BCUT2D eigenvalue weighted by Crippen LogP contribution is -2.14. The number of rotatable bonds is 4. The Kier molecular flexibility index (Phi) is 4.85. The van der Waals surface area contributed by atoms with Crippen LogP contribution < -0.4 is 0 Å². The van der Waals surface area contributed by atoms with Gasteiger partial charge in [0.15, 0.2) is 0 Å². The van der Waals surface area contributed by atoms with Gasteiger partial charge in [-0.2, -0.15) is 13.2 Å². The molecular formula is C15H13ClF3NO. The highest BCUT2D eigenvalue weighted by Gasteiger charge is 2.29. The Morgan fingerprint density at radius 3 is 2.33 bits per heavy atom. The van der Waals surface area contributed by atoms with Crippen molar-refractivity contribution in [1.82, 2.24) is 4.98 Å². The molecular weight excluding hydrogens is 303 g/mol. The van der Waals surface area contributed by atoms with E-state index in [9.17, 15) is 18.3 Å².